The number of carbonyl (C=O) groups is 1. The van der Waals surface area contributed by atoms with Crippen LogP contribution in [0.1, 0.15) is 6.92 Å². The lowest BCUT2D eigenvalue weighted by molar-refractivity contribution is -0.138. The molecule has 8 heteroatoms. The zero-order chi connectivity index (χ0) is 21.9. The average Bonchev–Trinajstić information content (AvgIpc) is 3.32. The van der Waals surface area contributed by atoms with E-state index in [0.717, 1.165) is 22.8 Å². The number of hydrogen-bond acceptors (Lipinski definition) is 7. The number of carbonyl (C=O) groups excluding carboxylic acids is 1. The molecule has 3 aromatic rings. The van der Waals surface area contributed by atoms with Gasteiger partial charge in [-0.05, 0) is 43.3 Å². The lowest BCUT2D eigenvalue weighted by Gasteiger charge is -2.35. The van der Waals surface area contributed by atoms with Crippen LogP contribution in [-0.2, 0) is 4.79 Å². The van der Waals surface area contributed by atoms with Gasteiger partial charge in [-0.25, -0.2) is 9.97 Å². The number of piperazine rings is 1. The van der Waals surface area contributed by atoms with E-state index >= 15 is 0 Å². The summed E-state index contributed by atoms with van der Waals surface area (Å²) in [6.45, 7) is 4.55. The first-order valence-corrected chi connectivity index (χ1v) is 10.7. The number of fused-ring (bicyclic) bond motifs is 1. The maximum atomic E-state index is 12.8. The van der Waals surface area contributed by atoms with Crippen molar-refractivity contribution in [1.29, 1.82) is 0 Å². The fourth-order valence-corrected chi connectivity index (χ4v) is 3.85. The summed E-state index contributed by atoms with van der Waals surface area (Å²) in [5, 5.41) is 0. The first kappa shape index (κ1) is 20.1. The summed E-state index contributed by atoms with van der Waals surface area (Å²) < 4.78 is 16.6. The van der Waals surface area contributed by atoms with E-state index in [4.69, 9.17) is 19.2 Å². The minimum atomic E-state index is -0.533. The highest BCUT2D eigenvalue weighted by Crippen LogP contribution is 2.35. The SMILES string of the molecule is C[C@@H](Oc1ccccc1)C(=O)N1CCN(c2nccc(-c3ccc4c(c3)OCO4)n2)CC1. The summed E-state index contributed by atoms with van der Waals surface area (Å²) in [5.41, 5.74) is 1.76. The Labute approximate surface area is 186 Å². The summed E-state index contributed by atoms with van der Waals surface area (Å²) in [6, 6.07) is 17.1. The number of para-hydroxylation sites is 1. The van der Waals surface area contributed by atoms with Crippen molar-refractivity contribution >= 4 is 11.9 Å². The van der Waals surface area contributed by atoms with Gasteiger partial charge in [-0.3, -0.25) is 4.79 Å². The van der Waals surface area contributed by atoms with Crippen molar-refractivity contribution in [1.82, 2.24) is 14.9 Å². The standard InChI is InChI=1S/C24H24N4O4/c1-17(32-19-5-3-2-4-6-19)23(29)27-11-13-28(14-12-27)24-25-10-9-20(26-24)18-7-8-21-22(15-18)31-16-30-21/h2-10,15,17H,11-14,16H2,1H3/t17-/m1/s1. The van der Waals surface area contributed by atoms with Crippen molar-refractivity contribution in [3.8, 4) is 28.5 Å². The highest BCUT2D eigenvalue weighted by molar-refractivity contribution is 5.81. The van der Waals surface area contributed by atoms with Gasteiger partial charge in [0.2, 0.25) is 12.7 Å². The van der Waals surface area contributed by atoms with E-state index in [0.29, 0.717) is 37.9 Å². The molecule has 5 rings (SSSR count). The van der Waals surface area contributed by atoms with E-state index in [1.165, 1.54) is 0 Å². The Balaban J connectivity index is 1.22. The van der Waals surface area contributed by atoms with Crippen LogP contribution < -0.4 is 19.1 Å². The molecule has 0 unspecified atom stereocenters. The summed E-state index contributed by atoms with van der Waals surface area (Å²) in [6.07, 6.45) is 1.23. The number of rotatable bonds is 5. The van der Waals surface area contributed by atoms with Crippen molar-refractivity contribution in [3.05, 3.63) is 60.8 Å². The van der Waals surface area contributed by atoms with Crippen LogP contribution in [0.15, 0.2) is 60.8 Å². The molecule has 2 aliphatic rings. The van der Waals surface area contributed by atoms with E-state index in [-0.39, 0.29) is 12.7 Å². The topological polar surface area (TPSA) is 77.0 Å². The molecule has 8 nitrogen and oxygen atoms in total. The highest BCUT2D eigenvalue weighted by atomic mass is 16.7. The molecule has 1 amide bonds. The molecule has 0 radical (unpaired) electrons. The normalized spacial score (nSPS) is 16.0. The molecule has 0 saturated carbocycles. The van der Waals surface area contributed by atoms with Gasteiger partial charge in [0, 0.05) is 37.9 Å². The van der Waals surface area contributed by atoms with E-state index in [1.54, 1.807) is 13.1 Å². The summed E-state index contributed by atoms with van der Waals surface area (Å²) in [4.78, 5) is 25.9. The van der Waals surface area contributed by atoms with Crippen LogP contribution in [0.5, 0.6) is 17.2 Å². The fourth-order valence-electron chi connectivity index (χ4n) is 3.85. The van der Waals surface area contributed by atoms with Crippen LogP contribution >= 0.6 is 0 Å². The largest absolute Gasteiger partial charge is 0.481 e. The zero-order valence-corrected chi connectivity index (χ0v) is 17.8. The predicted octanol–water partition coefficient (Wildman–Crippen LogP) is 2.99. The molecule has 1 atom stereocenters. The Morgan fingerprint density at radius 3 is 2.59 bits per heavy atom. The molecule has 2 aromatic carbocycles. The Bertz CT molecular complexity index is 1100. The molecule has 0 bridgehead atoms. The monoisotopic (exact) mass is 432 g/mol. The number of anilines is 1. The molecule has 1 fully saturated rings. The van der Waals surface area contributed by atoms with Crippen molar-refractivity contribution in [2.24, 2.45) is 0 Å². The van der Waals surface area contributed by atoms with Crippen molar-refractivity contribution in [2.75, 3.05) is 37.9 Å². The van der Waals surface area contributed by atoms with Crippen LogP contribution in [0, 0.1) is 0 Å². The van der Waals surface area contributed by atoms with Gasteiger partial charge in [-0.2, -0.15) is 0 Å². The Morgan fingerprint density at radius 1 is 1.00 bits per heavy atom. The van der Waals surface area contributed by atoms with Crippen molar-refractivity contribution in [2.45, 2.75) is 13.0 Å². The minimum absolute atomic E-state index is 0.0106. The fraction of sp³-hybridized carbons (Fsp3) is 0.292. The van der Waals surface area contributed by atoms with Gasteiger partial charge in [0.15, 0.2) is 17.6 Å². The van der Waals surface area contributed by atoms with Crippen LogP contribution in [0.2, 0.25) is 0 Å². The Kier molecular flexibility index (Phi) is 5.49. The number of nitrogens with zero attached hydrogens (tertiary/aromatic N) is 4. The molecule has 0 N–H and O–H groups in total. The van der Waals surface area contributed by atoms with Gasteiger partial charge in [0.1, 0.15) is 5.75 Å². The molecule has 3 heterocycles. The van der Waals surface area contributed by atoms with Gasteiger partial charge in [-0.15, -0.1) is 0 Å². The van der Waals surface area contributed by atoms with Gasteiger partial charge >= 0.3 is 0 Å². The quantitative estimate of drug-likeness (QED) is 0.613. The number of hydrogen-bond donors (Lipinski definition) is 0. The van der Waals surface area contributed by atoms with Crippen LogP contribution in [0.25, 0.3) is 11.3 Å². The predicted molar refractivity (Wildman–Crippen MR) is 119 cm³/mol. The highest BCUT2D eigenvalue weighted by Gasteiger charge is 2.27. The molecule has 1 aromatic heterocycles. The van der Waals surface area contributed by atoms with Crippen molar-refractivity contribution < 1.29 is 19.0 Å². The molecule has 32 heavy (non-hydrogen) atoms. The lowest BCUT2D eigenvalue weighted by Crippen LogP contribution is -2.52. The van der Waals surface area contributed by atoms with Crippen molar-refractivity contribution in [3.63, 3.8) is 0 Å². The number of ether oxygens (including phenoxy) is 3. The third kappa shape index (κ3) is 4.16. The molecule has 1 saturated heterocycles. The third-order valence-corrected chi connectivity index (χ3v) is 5.59. The van der Waals surface area contributed by atoms with E-state index in [1.807, 2.05) is 59.5 Å². The maximum Gasteiger partial charge on any atom is 0.263 e. The zero-order valence-electron chi connectivity index (χ0n) is 17.8. The first-order valence-electron chi connectivity index (χ1n) is 10.7. The Morgan fingerprint density at radius 2 is 1.78 bits per heavy atom. The van der Waals surface area contributed by atoms with Crippen LogP contribution in [0.3, 0.4) is 0 Å². The summed E-state index contributed by atoms with van der Waals surface area (Å²) >= 11 is 0. The smallest absolute Gasteiger partial charge is 0.263 e. The molecular formula is C24H24N4O4. The molecule has 0 aliphatic carbocycles. The van der Waals surface area contributed by atoms with Crippen LogP contribution in [-0.4, -0.2) is 59.9 Å². The molecule has 0 spiro atoms. The summed E-state index contributed by atoms with van der Waals surface area (Å²) in [5.74, 6) is 2.81. The number of benzene rings is 2. The van der Waals surface area contributed by atoms with Gasteiger partial charge in [0.25, 0.3) is 5.91 Å². The first-order chi connectivity index (χ1) is 15.7. The van der Waals surface area contributed by atoms with Gasteiger partial charge in [-0.1, -0.05) is 18.2 Å². The average molecular weight is 432 g/mol. The third-order valence-electron chi connectivity index (χ3n) is 5.59. The number of amides is 1. The summed E-state index contributed by atoms with van der Waals surface area (Å²) in [7, 11) is 0. The molecular weight excluding hydrogens is 408 g/mol. The van der Waals surface area contributed by atoms with Crippen LogP contribution in [0.4, 0.5) is 5.95 Å². The second-order valence-electron chi connectivity index (χ2n) is 7.70. The van der Waals surface area contributed by atoms with Gasteiger partial charge in [0.05, 0.1) is 5.69 Å². The molecule has 2 aliphatic heterocycles. The van der Waals surface area contributed by atoms with Gasteiger partial charge < -0.3 is 24.0 Å². The second kappa shape index (κ2) is 8.74. The molecule has 164 valence electrons. The van der Waals surface area contributed by atoms with E-state index in [9.17, 15) is 4.79 Å². The second-order valence-corrected chi connectivity index (χ2v) is 7.70. The lowest BCUT2D eigenvalue weighted by atomic mass is 10.1. The number of aromatic nitrogens is 2. The van der Waals surface area contributed by atoms with E-state index < -0.39 is 6.10 Å². The van der Waals surface area contributed by atoms with E-state index in [2.05, 4.69) is 9.88 Å². The maximum absolute atomic E-state index is 12.8. The Hall–Kier alpha value is -3.81. The minimum Gasteiger partial charge on any atom is -0.481 e.